The second-order valence-electron chi connectivity index (χ2n) is 6.93. The quantitative estimate of drug-likeness (QED) is 0.726. The summed E-state index contributed by atoms with van der Waals surface area (Å²) < 4.78 is 26.0. The van der Waals surface area contributed by atoms with Crippen molar-refractivity contribution in [3.05, 3.63) is 60.2 Å². The van der Waals surface area contributed by atoms with Crippen molar-refractivity contribution in [1.29, 1.82) is 0 Å². The summed E-state index contributed by atoms with van der Waals surface area (Å²) in [5.41, 5.74) is 0.947. The highest BCUT2D eigenvalue weighted by Crippen LogP contribution is 2.37. The standard InChI is InChI=1S/C21H26N2O3S2/c1-3-28(25,26)23-15-13-21(14-16-23,17-7-5-4-6-8-17)20(24)22-18-9-11-19(27-2)12-10-18/h4-12H,3,13-16H2,1-2H3,(H,22,24). The first-order valence-electron chi connectivity index (χ1n) is 9.40. The van der Waals surface area contributed by atoms with Crippen LogP contribution in [-0.4, -0.2) is 43.7 Å². The summed E-state index contributed by atoms with van der Waals surface area (Å²) in [6, 6.07) is 17.4. The Morgan fingerprint density at radius 2 is 1.68 bits per heavy atom. The molecule has 1 aliphatic rings. The molecule has 28 heavy (non-hydrogen) atoms. The number of thioether (sulfide) groups is 1. The number of hydrogen-bond acceptors (Lipinski definition) is 4. The van der Waals surface area contributed by atoms with E-state index in [1.807, 2.05) is 60.9 Å². The monoisotopic (exact) mass is 418 g/mol. The summed E-state index contributed by atoms with van der Waals surface area (Å²) in [6.07, 6.45) is 2.94. The van der Waals surface area contributed by atoms with Crippen LogP contribution in [0.1, 0.15) is 25.3 Å². The number of nitrogens with one attached hydrogen (secondary N) is 1. The van der Waals surface area contributed by atoms with Gasteiger partial charge in [-0.1, -0.05) is 30.3 Å². The lowest BCUT2D eigenvalue weighted by molar-refractivity contribution is -0.123. The van der Waals surface area contributed by atoms with Crippen LogP contribution in [0.4, 0.5) is 5.69 Å². The number of carbonyl (C=O) groups is 1. The van der Waals surface area contributed by atoms with Gasteiger partial charge < -0.3 is 5.32 Å². The molecule has 0 unspecified atom stereocenters. The molecule has 2 aromatic rings. The summed E-state index contributed by atoms with van der Waals surface area (Å²) >= 11 is 1.65. The van der Waals surface area contributed by atoms with E-state index >= 15 is 0 Å². The van der Waals surface area contributed by atoms with Gasteiger partial charge in [0.25, 0.3) is 0 Å². The predicted molar refractivity (Wildman–Crippen MR) is 115 cm³/mol. The van der Waals surface area contributed by atoms with Gasteiger partial charge in [-0.3, -0.25) is 4.79 Å². The van der Waals surface area contributed by atoms with Crippen LogP contribution in [0.3, 0.4) is 0 Å². The van der Waals surface area contributed by atoms with Gasteiger partial charge in [0.05, 0.1) is 11.2 Å². The first-order chi connectivity index (χ1) is 13.4. The number of carbonyl (C=O) groups excluding carboxylic acids is 1. The summed E-state index contributed by atoms with van der Waals surface area (Å²) in [7, 11) is -3.25. The molecule has 0 radical (unpaired) electrons. The highest BCUT2D eigenvalue weighted by molar-refractivity contribution is 7.98. The van der Waals surface area contributed by atoms with Crippen molar-refractivity contribution in [3.8, 4) is 0 Å². The number of nitrogens with zero attached hydrogens (tertiary/aromatic N) is 1. The topological polar surface area (TPSA) is 66.5 Å². The lowest BCUT2D eigenvalue weighted by Gasteiger charge is -2.40. The smallest absolute Gasteiger partial charge is 0.235 e. The van der Waals surface area contributed by atoms with Gasteiger partial charge in [0.2, 0.25) is 15.9 Å². The molecule has 3 rings (SSSR count). The number of benzene rings is 2. The van der Waals surface area contributed by atoms with Crippen molar-refractivity contribution in [3.63, 3.8) is 0 Å². The van der Waals surface area contributed by atoms with Gasteiger partial charge in [-0.25, -0.2) is 12.7 Å². The van der Waals surface area contributed by atoms with Gasteiger partial charge in [-0.2, -0.15) is 0 Å². The Hall–Kier alpha value is -1.83. The molecule has 0 bridgehead atoms. The number of rotatable bonds is 6. The molecule has 1 aliphatic heterocycles. The second-order valence-corrected chi connectivity index (χ2v) is 10.1. The Labute approximate surface area is 171 Å². The van der Waals surface area contributed by atoms with Crippen LogP contribution in [0.2, 0.25) is 0 Å². The maximum atomic E-state index is 13.4. The lowest BCUT2D eigenvalue weighted by Crippen LogP contribution is -2.51. The van der Waals surface area contributed by atoms with Crippen LogP contribution < -0.4 is 5.32 Å². The Morgan fingerprint density at radius 1 is 1.07 bits per heavy atom. The fourth-order valence-corrected chi connectivity index (χ4v) is 5.17. The SMILES string of the molecule is CCS(=O)(=O)N1CCC(C(=O)Nc2ccc(SC)cc2)(c2ccccc2)CC1. The maximum absolute atomic E-state index is 13.4. The zero-order chi connectivity index (χ0) is 20.2. The molecule has 7 heteroatoms. The molecule has 1 N–H and O–H groups in total. The number of amides is 1. The molecule has 2 aromatic carbocycles. The lowest BCUT2D eigenvalue weighted by atomic mass is 9.72. The molecule has 0 saturated carbocycles. The van der Waals surface area contributed by atoms with E-state index in [0.29, 0.717) is 25.9 Å². The first-order valence-corrected chi connectivity index (χ1v) is 12.2. The van der Waals surface area contributed by atoms with Crippen LogP contribution in [0.15, 0.2) is 59.5 Å². The molecular formula is C21H26N2O3S2. The normalized spacial score (nSPS) is 17.2. The van der Waals surface area contributed by atoms with E-state index in [9.17, 15) is 13.2 Å². The molecule has 1 fully saturated rings. The molecular weight excluding hydrogens is 392 g/mol. The molecule has 150 valence electrons. The van der Waals surface area contributed by atoms with Crippen LogP contribution in [0, 0.1) is 0 Å². The van der Waals surface area contributed by atoms with Crippen LogP contribution in [0.25, 0.3) is 0 Å². The van der Waals surface area contributed by atoms with E-state index in [1.54, 1.807) is 18.7 Å². The molecule has 0 aliphatic carbocycles. The fraction of sp³-hybridized carbons (Fsp3) is 0.381. The van der Waals surface area contributed by atoms with E-state index in [4.69, 9.17) is 0 Å². The van der Waals surface area contributed by atoms with Gasteiger partial charge in [0, 0.05) is 23.7 Å². The van der Waals surface area contributed by atoms with Gasteiger partial charge in [0.1, 0.15) is 0 Å². The van der Waals surface area contributed by atoms with Crippen molar-refractivity contribution in [1.82, 2.24) is 4.31 Å². The molecule has 0 spiro atoms. The number of anilines is 1. The maximum Gasteiger partial charge on any atom is 0.235 e. The molecule has 1 amide bonds. The average molecular weight is 419 g/mol. The van der Waals surface area contributed by atoms with Crippen LogP contribution in [-0.2, 0) is 20.2 Å². The largest absolute Gasteiger partial charge is 0.325 e. The molecule has 1 heterocycles. The summed E-state index contributed by atoms with van der Waals surface area (Å²) in [4.78, 5) is 14.5. The molecule has 0 aromatic heterocycles. The van der Waals surface area contributed by atoms with E-state index in [0.717, 1.165) is 16.1 Å². The van der Waals surface area contributed by atoms with Gasteiger partial charge in [-0.15, -0.1) is 11.8 Å². The Kier molecular flexibility index (Phi) is 6.47. The van der Waals surface area contributed by atoms with E-state index in [-0.39, 0.29) is 11.7 Å². The minimum Gasteiger partial charge on any atom is -0.325 e. The highest BCUT2D eigenvalue weighted by Gasteiger charge is 2.44. The predicted octanol–water partition coefficient (Wildman–Crippen LogP) is 3.73. The summed E-state index contributed by atoms with van der Waals surface area (Å²) in [6.45, 7) is 2.35. The van der Waals surface area contributed by atoms with Crippen molar-refractivity contribution in [2.45, 2.75) is 30.1 Å². The molecule has 0 atom stereocenters. The van der Waals surface area contributed by atoms with Gasteiger partial charge in [0.15, 0.2) is 0 Å². The number of hydrogen-bond donors (Lipinski definition) is 1. The zero-order valence-corrected chi connectivity index (χ0v) is 17.9. The Morgan fingerprint density at radius 3 is 2.21 bits per heavy atom. The third kappa shape index (κ3) is 4.26. The van der Waals surface area contributed by atoms with Crippen molar-refractivity contribution in [2.24, 2.45) is 0 Å². The Balaban J connectivity index is 1.87. The average Bonchev–Trinajstić information content (AvgIpc) is 2.75. The zero-order valence-electron chi connectivity index (χ0n) is 16.2. The summed E-state index contributed by atoms with van der Waals surface area (Å²) in [5.74, 6) is 0.00317. The van der Waals surface area contributed by atoms with Gasteiger partial charge in [-0.05, 0) is 55.9 Å². The number of piperidine rings is 1. The van der Waals surface area contributed by atoms with E-state index in [1.165, 1.54) is 4.31 Å². The molecule has 5 nitrogen and oxygen atoms in total. The molecule has 1 saturated heterocycles. The fourth-order valence-electron chi connectivity index (χ4n) is 3.66. The van der Waals surface area contributed by atoms with Crippen molar-refractivity contribution in [2.75, 3.05) is 30.4 Å². The van der Waals surface area contributed by atoms with Crippen molar-refractivity contribution >= 4 is 33.4 Å². The van der Waals surface area contributed by atoms with E-state index < -0.39 is 15.4 Å². The van der Waals surface area contributed by atoms with Gasteiger partial charge >= 0.3 is 0 Å². The second kappa shape index (κ2) is 8.68. The van der Waals surface area contributed by atoms with E-state index in [2.05, 4.69) is 5.32 Å². The third-order valence-corrected chi connectivity index (χ3v) is 8.07. The number of sulfonamides is 1. The van der Waals surface area contributed by atoms with Crippen LogP contribution >= 0.6 is 11.8 Å². The first kappa shape index (κ1) is 20.9. The minimum absolute atomic E-state index is 0.0795. The Bertz CT molecular complexity index is 904. The van der Waals surface area contributed by atoms with Crippen LogP contribution in [0.5, 0.6) is 0 Å². The summed E-state index contributed by atoms with van der Waals surface area (Å²) in [5, 5.41) is 3.05. The van der Waals surface area contributed by atoms with Crippen molar-refractivity contribution < 1.29 is 13.2 Å². The minimum atomic E-state index is -3.25. The third-order valence-electron chi connectivity index (χ3n) is 5.44. The highest BCUT2D eigenvalue weighted by atomic mass is 32.2.